The molecule has 0 saturated carbocycles. The van der Waals surface area contributed by atoms with Crippen LogP contribution in [0.3, 0.4) is 0 Å². The molecule has 12 heteroatoms. The Morgan fingerprint density at radius 3 is 2.44 bits per heavy atom. The number of ether oxygens (including phenoxy) is 2. The molecule has 0 aliphatic heterocycles. The van der Waals surface area contributed by atoms with Crippen molar-refractivity contribution < 1.29 is 31.5 Å². The molecule has 0 saturated heterocycles. The number of amides is 1. The van der Waals surface area contributed by atoms with Crippen molar-refractivity contribution in [3.05, 3.63) is 38.5 Å². The van der Waals surface area contributed by atoms with E-state index in [0.29, 0.717) is 0 Å². The summed E-state index contributed by atoms with van der Waals surface area (Å²) in [5.74, 6) is -1.54. The van der Waals surface area contributed by atoms with Gasteiger partial charge in [-0.2, -0.15) is 8.78 Å². The van der Waals surface area contributed by atoms with Crippen LogP contribution < -0.4 is 14.2 Å². The fourth-order valence-electron chi connectivity index (χ4n) is 1.75. The van der Waals surface area contributed by atoms with Crippen LogP contribution in [0.4, 0.5) is 8.78 Å². The third-order valence-corrected chi connectivity index (χ3v) is 5.87. The van der Waals surface area contributed by atoms with Gasteiger partial charge in [-0.15, -0.1) is 11.3 Å². The van der Waals surface area contributed by atoms with Gasteiger partial charge in [0.1, 0.15) is 9.23 Å². The number of alkyl halides is 2. The molecule has 0 spiro atoms. The summed E-state index contributed by atoms with van der Waals surface area (Å²) in [6.45, 7) is -3.15. The molecule has 6 nitrogen and oxygen atoms in total. The minimum Gasteiger partial charge on any atom is -0.493 e. The zero-order valence-corrected chi connectivity index (χ0v) is 15.4. The topological polar surface area (TPSA) is 81.7 Å². The number of nitrogens with one attached hydrogen (secondary N) is 1. The minimum absolute atomic E-state index is 0.0487. The van der Waals surface area contributed by atoms with Crippen molar-refractivity contribution in [1.29, 1.82) is 0 Å². The Balaban J connectivity index is 2.30. The van der Waals surface area contributed by atoms with Crippen molar-refractivity contribution >= 4 is 50.5 Å². The molecule has 1 aromatic carbocycles. The van der Waals surface area contributed by atoms with E-state index in [1.54, 1.807) is 4.72 Å². The number of sulfonamides is 1. The standard InChI is InChI=1S/C13H9Cl2F2NO5S2/c1-22-7-3-2-6(4-8(7)23-13(16)17)12(19)18-25(20,21)9-5-10(14)24-11(9)15/h2-5,13H,1H3,(H,18,19). The zero-order valence-electron chi connectivity index (χ0n) is 12.3. The van der Waals surface area contributed by atoms with E-state index in [0.717, 1.165) is 23.5 Å². The molecular formula is C13H9Cl2F2NO5S2. The molecule has 2 rings (SSSR count). The lowest BCUT2D eigenvalue weighted by Gasteiger charge is -2.11. The molecule has 0 bridgehead atoms. The number of methoxy groups -OCH3 is 1. The summed E-state index contributed by atoms with van der Waals surface area (Å²) in [5, 5.41) is 0. The number of halogens is 4. The average molecular weight is 432 g/mol. The predicted molar refractivity (Wildman–Crippen MR) is 88.6 cm³/mol. The van der Waals surface area contributed by atoms with E-state index in [2.05, 4.69) is 4.74 Å². The molecule has 1 amide bonds. The van der Waals surface area contributed by atoms with Crippen LogP contribution in [0, 0.1) is 0 Å². The third-order valence-electron chi connectivity index (χ3n) is 2.78. The van der Waals surface area contributed by atoms with Crippen molar-refractivity contribution in [2.45, 2.75) is 11.5 Å². The first-order valence-corrected chi connectivity index (χ1v) is 9.34. The molecule has 0 radical (unpaired) electrons. The Morgan fingerprint density at radius 2 is 1.92 bits per heavy atom. The van der Waals surface area contributed by atoms with Crippen LogP contribution in [0.5, 0.6) is 11.5 Å². The second-order valence-electron chi connectivity index (χ2n) is 4.37. The van der Waals surface area contributed by atoms with Crippen LogP contribution in [0.25, 0.3) is 0 Å². The lowest BCUT2D eigenvalue weighted by Crippen LogP contribution is -2.30. The van der Waals surface area contributed by atoms with E-state index in [-0.39, 0.29) is 24.9 Å². The highest BCUT2D eigenvalue weighted by Gasteiger charge is 2.24. The number of thiophene rings is 1. The van der Waals surface area contributed by atoms with Crippen molar-refractivity contribution in [2.75, 3.05) is 7.11 Å². The van der Waals surface area contributed by atoms with Crippen LogP contribution >= 0.6 is 34.5 Å². The summed E-state index contributed by atoms with van der Waals surface area (Å²) in [7, 11) is -3.07. The fourth-order valence-corrected chi connectivity index (χ4v) is 4.88. The summed E-state index contributed by atoms with van der Waals surface area (Å²) >= 11 is 12.3. The molecule has 25 heavy (non-hydrogen) atoms. The van der Waals surface area contributed by atoms with E-state index in [1.807, 2.05) is 0 Å². The van der Waals surface area contributed by atoms with Crippen LogP contribution in [0.15, 0.2) is 29.2 Å². The van der Waals surface area contributed by atoms with Crippen LogP contribution in [-0.2, 0) is 10.0 Å². The van der Waals surface area contributed by atoms with Gasteiger partial charge in [0.25, 0.3) is 15.9 Å². The first-order valence-electron chi connectivity index (χ1n) is 6.29. The molecule has 1 aromatic heterocycles. The van der Waals surface area contributed by atoms with E-state index >= 15 is 0 Å². The van der Waals surface area contributed by atoms with Gasteiger partial charge in [0.05, 0.1) is 11.4 Å². The third kappa shape index (κ3) is 4.72. The van der Waals surface area contributed by atoms with Gasteiger partial charge in [-0.3, -0.25) is 4.79 Å². The highest BCUT2D eigenvalue weighted by atomic mass is 35.5. The Kier molecular flexibility index (Phi) is 6.09. The highest BCUT2D eigenvalue weighted by molar-refractivity contribution is 7.90. The van der Waals surface area contributed by atoms with Crippen molar-refractivity contribution in [3.8, 4) is 11.5 Å². The van der Waals surface area contributed by atoms with Gasteiger partial charge < -0.3 is 9.47 Å². The molecule has 2 aromatic rings. The van der Waals surface area contributed by atoms with Gasteiger partial charge in [-0.1, -0.05) is 23.2 Å². The Hall–Kier alpha value is -1.62. The van der Waals surface area contributed by atoms with Gasteiger partial charge >= 0.3 is 6.61 Å². The smallest absolute Gasteiger partial charge is 0.387 e. The van der Waals surface area contributed by atoms with Gasteiger partial charge in [0.15, 0.2) is 11.5 Å². The Morgan fingerprint density at radius 1 is 1.24 bits per heavy atom. The van der Waals surface area contributed by atoms with Crippen molar-refractivity contribution in [2.24, 2.45) is 0 Å². The SMILES string of the molecule is COc1ccc(C(=O)NS(=O)(=O)c2cc(Cl)sc2Cl)cc1OC(F)F. The predicted octanol–water partition coefficient (Wildman–Crippen LogP) is 3.78. The Bertz CT molecular complexity index is 902. The molecule has 0 unspecified atom stereocenters. The maximum absolute atomic E-state index is 12.4. The highest BCUT2D eigenvalue weighted by Crippen LogP contribution is 2.34. The van der Waals surface area contributed by atoms with Crippen molar-refractivity contribution in [1.82, 2.24) is 4.72 Å². The van der Waals surface area contributed by atoms with Gasteiger partial charge in [0.2, 0.25) is 0 Å². The quantitative estimate of drug-likeness (QED) is 0.752. The van der Waals surface area contributed by atoms with Crippen LogP contribution in [-0.4, -0.2) is 28.0 Å². The molecule has 136 valence electrons. The first-order chi connectivity index (χ1) is 11.6. The summed E-state index contributed by atoms with van der Waals surface area (Å²) < 4.78 is 60.0. The minimum atomic E-state index is -4.29. The van der Waals surface area contributed by atoms with E-state index in [1.165, 1.54) is 19.2 Å². The first kappa shape index (κ1) is 19.7. The molecular weight excluding hydrogens is 423 g/mol. The maximum Gasteiger partial charge on any atom is 0.387 e. The molecule has 0 aliphatic rings. The van der Waals surface area contributed by atoms with E-state index < -0.39 is 28.3 Å². The fraction of sp³-hybridized carbons (Fsp3) is 0.154. The number of rotatable bonds is 6. The molecule has 0 fully saturated rings. The van der Waals surface area contributed by atoms with Crippen LogP contribution in [0.1, 0.15) is 10.4 Å². The average Bonchev–Trinajstić information content (AvgIpc) is 2.85. The molecule has 0 atom stereocenters. The normalized spacial score (nSPS) is 11.4. The summed E-state index contributed by atoms with van der Waals surface area (Å²) in [6.07, 6.45) is 0. The van der Waals surface area contributed by atoms with Crippen molar-refractivity contribution in [3.63, 3.8) is 0 Å². The Labute approximate surface area is 155 Å². The summed E-state index contributed by atoms with van der Waals surface area (Å²) in [6, 6.07) is 4.39. The number of hydrogen-bond acceptors (Lipinski definition) is 6. The molecule has 1 N–H and O–H groups in total. The largest absolute Gasteiger partial charge is 0.493 e. The maximum atomic E-state index is 12.4. The lowest BCUT2D eigenvalue weighted by molar-refractivity contribution is -0.0512. The number of hydrogen-bond donors (Lipinski definition) is 1. The zero-order chi connectivity index (χ0) is 18.8. The van der Waals surface area contributed by atoms with E-state index in [9.17, 15) is 22.0 Å². The molecule has 1 heterocycles. The number of benzene rings is 1. The summed E-state index contributed by atoms with van der Waals surface area (Å²) in [5.41, 5.74) is -0.238. The second-order valence-corrected chi connectivity index (χ2v) is 8.30. The van der Waals surface area contributed by atoms with E-state index in [4.69, 9.17) is 27.9 Å². The second kappa shape index (κ2) is 7.73. The van der Waals surface area contributed by atoms with Crippen LogP contribution in [0.2, 0.25) is 8.67 Å². The summed E-state index contributed by atoms with van der Waals surface area (Å²) in [4.78, 5) is 11.8. The van der Waals surface area contributed by atoms with Gasteiger partial charge in [0, 0.05) is 5.56 Å². The van der Waals surface area contributed by atoms with Gasteiger partial charge in [-0.25, -0.2) is 13.1 Å². The number of carbonyl (C=O) groups is 1. The van der Waals surface area contributed by atoms with Gasteiger partial charge in [-0.05, 0) is 24.3 Å². The monoisotopic (exact) mass is 431 g/mol. The lowest BCUT2D eigenvalue weighted by atomic mass is 10.2. The number of carbonyl (C=O) groups excluding carboxylic acids is 1. The molecule has 0 aliphatic carbocycles.